The molecule has 1 aliphatic rings. The van der Waals surface area contributed by atoms with Crippen LogP contribution in [-0.4, -0.2) is 4.57 Å². The van der Waals surface area contributed by atoms with E-state index >= 15 is 0 Å². The van der Waals surface area contributed by atoms with Gasteiger partial charge < -0.3 is 9.47 Å². The topological polar surface area (TPSA) is 8.17 Å². The molecule has 0 bridgehead atoms. The van der Waals surface area contributed by atoms with Crippen molar-refractivity contribution in [1.29, 1.82) is 0 Å². The number of nitrogens with zero attached hydrogens (tertiary/aromatic N) is 2. The molecule has 0 saturated heterocycles. The fraction of sp³-hybridized carbons (Fsp3) is 0.0526. The maximum absolute atomic E-state index is 2.46. The Bertz CT molecular complexity index is 3070. The summed E-state index contributed by atoms with van der Waals surface area (Å²) in [5.41, 5.74) is 19.4. The van der Waals surface area contributed by atoms with E-state index in [0.717, 1.165) is 17.1 Å². The Hall–Kier alpha value is -7.42. The number of hydrogen-bond acceptors (Lipinski definition) is 1. The molecule has 11 rings (SSSR count). The smallest absolute Gasteiger partial charge is 0.0547 e. The largest absolute Gasteiger partial charge is 0.310 e. The Kier molecular flexibility index (Phi) is 8.20. The Labute approximate surface area is 345 Å². The third-order valence-corrected chi connectivity index (χ3v) is 12.4. The minimum Gasteiger partial charge on any atom is -0.310 e. The van der Waals surface area contributed by atoms with Gasteiger partial charge in [0, 0.05) is 38.9 Å². The Morgan fingerprint density at radius 2 is 0.864 bits per heavy atom. The molecule has 0 saturated carbocycles. The molecule has 1 heterocycles. The van der Waals surface area contributed by atoms with Crippen LogP contribution in [0.2, 0.25) is 0 Å². The maximum atomic E-state index is 2.46. The van der Waals surface area contributed by atoms with Crippen molar-refractivity contribution in [2.75, 3.05) is 4.90 Å². The van der Waals surface area contributed by atoms with Crippen LogP contribution in [0.3, 0.4) is 0 Å². The predicted molar refractivity (Wildman–Crippen MR) is 249 cm³/mol. The van der Waals surface area contributed by atoms with Crippen molar-refractivity contribution in [3.63, 3.8) is 0 Å². The van der Waals surface area contributed by atoms with Gasteiger partial charge in [-0.2, -0.15) is 0 Å². The minimum atomic E-state index is -0.0814. The molecule has 0 spiro atoms. The van der Waals surface area contributed by atoms with E-state index in [2.05, 4.69) is 242 Å². The summed E-state index contributed by atoms with van der Waals surface area (Å²) in [5, 5.41) is 2.51. The highest BCUT2D eigenvalue weighted by Gasteiger charge is 2.35. The molecule has 0 amide bonds. The minimum absolute atomic E-state index is 0.0814. The van der Waals surface area contributed by atoms with Crippen LogP contribution in [0, 0.1) is 0 Å². The molecule has 2 heteroatoms. The van der Waals surface area contributed by atoms with E-state index in [-0.39, 0.29) is 5.41 Å². The highest BCUT2D eigenvalue weighted by Crippen LogP contribution is 2.49. The van der Waals surface area contributed by atoms with Gasteiger partial charge in [0.2, 0.25) is 0 Å². The van der Waals surface area contributed by atoms with E-state index in [0.29, 0.717) is 0 Å². The Morgan fingerprint density at radius 3 is 1.56 bits per heavy atom. The molecule has 0 aliphatic heterocycles. The van der Waals surface area contributed by atoms with Gasteiger partial charge >= 0.3 is 0 Å². The molecule has 2 nitrogen and oxygen atoms in total. The number of fused-ring (bicyclic) bond motifs is 6. The second-order valence-electron chi connectivity index (χ2n) is 16.2. The zero-order valence-corrected chi connectivity index (χ0v) is 33.2. The molecule has 0 atom stereocenters. The SMILES string of the molecule is CC1(C)c2ccccc2-c2ccc(-n3c4ccccc4c4ccc(-c5cccc(N(c6ccc(-c7ccccc7)cc6)c6ccc(-c7ccccc7)cc6)c5)cc43)cc21. The van der Waals surface area contributed by atoms with Crippen molar-refractivity contribution in [1.82, 2.24) is 4.57 Å². The first-order chi connectivity index (χ1) is 29.0. The monoisotopic (exact) mass is 754 g/mol. The van der Waals surface area contributed by atoms with E-state index in [1.807, 2.05) is 0 Å². The summed E-state index contributed by atoms with van der Waals surface area (Å²) in [6, 6.07) is 79.8. The van der Waals surface area contributed by atoms with Crippen LogP contribution < -0.4 is 4.90 Å². The number of para-hydroxylation sites is 1. The van der Waals surface area contributed by atoms with Crippen molar-refractivity contribution in [3.8, 4) is 50.2 Å². The standard InChI is InChI=1S/C57H42N2/c1-57(2)53-22-11-9-20-49(53)50-35-33-48(38-54(50)57)59-55-23-12-10-21-51(55)52-34-28-44(37-56(52)59)43-18-13-19-47(36-43)58(45-29-24-41(25-30-45)39-14-5-3-6-15-39)46-31-26-42(27-32-46)40-16-7-4-8-17-40/h3-38H,1-2H3. The van der Waals surface area contributed by atoms with Crippen LogP contribution >= 0.6 is 0 Å². The number of hydrogen-bond donors (Lipinski definition) is 0. The second kappa shape index (κ2) is 13.9. The lowest BCUT2D eigenvalue weighted by atomic mass is 9.82. The van der Waals surface area contributed by atoms with E-state index in [4.69, 9.17) is 0 Å². The van der Waals surface area contributed by atoms with Crippen LogP contribution in [0.5, 0.6) is 0 Å². The Balaban J connectivity index is 1.03. The lowest BCUT2D eigenvalue weighted by Gasteiger charge is -2.26. The van der Waals surface area contributed by atoms with Gasteiger partial charge in [-0.25, -0.2) is 0 Å². The molecule has 280 valence electrons. The third kappa shape index (κ3) is 5.87. The summed E-state index contributed by atoms with van der Waals surface area (Å²) in [4.78, 5) is 2.37. The van der Waals surface area contributed by atoms with Gasteiger partial charge in [0.05, 0.1) is 11.0 Å². The lowest BCUT2D eigenvalue weighted by Crippen LogP contribution is -2.15. The molecule has 59 heavy (non-hydrogen) atoms. The first kappa shape index (κ1) is 34.8. The van der Waals surface area contributed by atoms with Gasteiger partial charge in [-0.1, -0.05) is 172 Å². The summed E-state index contributed by atoms with van der Waals surface area (Å²) in [5.74, 6) is 0. The molecule has 10 aromatic rings. The van der Waals surface area contributed by atoms with Gasteiger partial charge in [-0.3, -0.25) is 0 Å². The van der Waals surface area contributed by atoms with Gasteiger partial charge in [0.1, 0.15) is 0 Å². The van der Waals surface area contributed by atoms with Crippen LogP contribution in [0.1, 0.15) is 25.0 Å². The van der Waals surface area contributed by atoms with Gasteiger partial charge in [0.25, 0.3) is 0 Å². The van der Waals surface area contributed by atoms with Gasteiger partial charge in [-0.05, 0) is 116 Å². The van der Waals surface area contributed by atoms with Crippen molar-refractivity contribution in [2.24, 2.45) is 0 Å². The molecule has 0 fully saturated rings. The number of anilines is 3. The number of benzene rings is 9. The summed E-state index contributed by atoms with van der Waals surface area (Å²) in [7, 11) is 0. The van der Waals surface area contributed by atoms with Crippen LogP contribution in [0.25, 0.3) is 72.0 Å². The normalized spacial score (nSPS) is 12.7. The van der Waals surface area contributed by atoms with E-state index < -0.39 is 0 Å². The summed E-state index contributed by atoms with van der Waals surface area (Å²) < 4.78 is 2.46. The third-order valence-electron chi connectivity index (χ3n) is 12.4. The van der Waals surface area contributed by atoms with Crippen LogP contribution in [-0.2, 0) is 5.41 Å². The number of rotatable bonds is 7. The molecule has 0 N–H and O–H groups in total. The summed E-state index contributed by atoms with van der Waals surface area (Å²) >= 11 is 0. The van der Waals surface area contributed by atoms with E-state index in [1.165, 1.54) is 83.1 Å². The lowest BCUT2D eigenvalue weighted by molar-refractivity contribution is 0.660. The average Bonchev–Trinajstić information content (AvgIpc) is 3.75. The fourth-order valence-electron chi connectivity index (χ4n) is 9.40. The summed E-state index contributed by atoms with van der Waals surface area (Å²) in [6.45, 7) is 4.72. The maximum Gasteiger partial charge on any atom is 0.0547 e. The Morgan fingerprint density at radius 1 is 0.339 bits per heavy atom. The van der Waals surface area contributed by atoms with Gasteiger partial charge in [0.15, 0.2) is 0 Å². The number of aromatic nitrogens is 1. The predicted octanol–water partition coefficient (Wildman–Crippen LogP) is 15.6. The average molecular weight is 755 g/mol. The molecule has 1 aromatic heterocycles. The van der Waals surface area contributed by atoms with Crippen molar-refractivity contribution < 1.29 is 0 Å². The van der Waals surface area contributed by atoms with Gasteiger partial charge in [-0.15, -0.1) is 0 Å². The fourth-order valence-corrected chi connectivity index (χ4v) is 9.40. The van der Waals surface area contributed by atoms with Crippen molar-refractivity contribution in [2.45, 2.75) is 19.3 Å². The zero-order chi connectivity index (χ0) is 39.5. The van der Waals surface area contributed by atoms with E-state index in [9.17, 15) is 0 Å². The van der Waals surface area contributed by atoms with Crippen molar-refractivity contribution in [3.05, 3.63) is 230 Å². The highest BCUT2D eigenvalue weighted by molar-refractivity contribution is 6.10. The molecule has 0 radical (unpaired) electrons. The van der Waals surface area contributed by atoms with E-state index in [1.54, 1.807) is 0 Å². The second-order valence-corrected chi connectivity index (χ2v) is 16.2. The quantitative estimate of drug-likeness (QED) is 0.157. The first-order valence-electron chi connectivity index (χ1n) is 20.5. The molecular formula is C57H42N2. The summed E-state index contributed by atoms with van der Waals surface area (Å²) in [6.07, 6.45) is 0. The highest BCUT2D eigenvalue weighted by atomic mass is 15.1. The molecule has 0 unspecified atom stereocenters. The first-order valence-corrected chi connectivity index (χ1v) is 20.5. The van der Waals surface area contributed by atoms with Crippen molar-refractivity contribution >= 4 is 38.9 Å². The zero-order valence-electron chi connectivity index (χ0n) is 33.2. The molecule has 1 aliphatic carbocycles. The molecular weight excluding hydrogens is 713 g/mol. The molecule has 9 aromatic carbocycles. The van der Waals surface area contributed by atoms with Crippen LogP contribution in [0.4, 0.5) is 17.1 Å². The van der Waals surface area contributed by atoms with Crippen LogP contribution in [0.15, 0.2) is 218 Å².